The fourth-order valence-corrected chi connectivity index (χ4v) is 1.39. The SMILES string of the molecule is CCCOc1cc(C)nc(NCC(C)C(C)C)n1. The Labute approximate surface area is 110 Å². The lowest BCUT2D eigenvalue weighted by atomic mass is 9.98. The number of anilines is 1. The molecule has 0 saturated heterocycles. The van der Waals surface area contributed by atoms with Gasteiger partial charge in [-0.25, -0.2) is 4.98 Å². The zero-order chi connectivity index (χ0) is 13.5. The maximum atomic E-state index is 5.54. The van der Waals surface area contributed by atoms with Crippen molar-refractivity contribution < 1.29 is 4.74 Å². The van der Waals surface area contributed by atoms with E-state index in [1.807, 2.05) is 13.0 Å². The predicted molar refractivity (Wildman–Crippen MR) is 75.0 cm³/mol. The summed E-state index contributed by atoms with van der Waals surface area (Å²) in [4.78, 5) is 8.73. The van der Waals surface area contributed by atoms with Crippen LogP contribution in [0.3, 0.4) is 0 Å². The molecule has 0 saturated carbocycles. The van der Waals surface area contributed by atoms with Gasteiger partial charge in [0.15, 0.2) is 0 Å². The highest BCUT2D eigenvalue weighted by Gasteiger charge is 2.08. The molecule has 0 aliphatic carbocycles. The maximum absolute atomic E-state index is 5.54. The second kappa shape index (κ2) is 7.19. The Balaban J connectivity index is 2.62. The summed E-state index contributed by atoms with van der Waals surface area (Å²) in [6, 6.07) is 1.87. The monoisotopic (exact) mass is 251 g/mol. The molecule has 0 spiro atoms. The van der Waals surface area contributed by atoms with Crippen molar-refractivity contribution in [2.75, 3.05) is 18.5 Å². The lowest BCUT2D eigenvalue weighted by Crippen LogP contribution is -2.18. The first-order valence-electron chi connectivity index (χ1n) is 6.75. The van der Waals surface area contributed by atoms with Gasteiger partial charge in [-0.1, -0.05) is 27.7 Å². The van der Waals surface area contributed by atoms with Crippen LogP contribution in [0.4, 0.5) is 5.95 Å². The molecule has 0 aliphatic rings. The average Bonchev–Trinajstić information content (AvgIpc) is 2.32. The first-order valence-corrected chi connectivity index (χ1v) is 6.75. The van der Waals surface area contributed by atoms with Gasteiger partial charge in [0.2, 0.25) is 11.8 Å². The van der Waals surface area contributed by atoms with E-state index in [4.69, 9.17) is 4.74 Å². The van der Waals surface area contributed by atoms with Gasteiger partial charge >= 0.3 is 0 Å². The van der Waals surface area contributed by atoms with E-state index in [1.165, 1.54) is 0 Å². The summed E-state index contributed by atoms with van der Waals surface area (Å²) in [5, 5.41) is 3.28. The van der Waals surface area contributed by atoms with E-state index in [9.17, 15) is 0 Å². The summed E-state index contributed by atoms with van der Waals surface area (Å²) in [6.07, 6.45) is 0.982. The zero-order valence-corrected chi connectivity index (χ0v) is 12.2. The van der Waals surface area contributed by atoms with E-state index in [1.54, 1.807) is 0 Å². The van der Waals surface area contributed by atoms with Gasteiger partial charge in [-0.15, -0.1) is 0 Å². The lowest BCUT2D eigenvalue weighted by molar-refractivity contribution is 0.304. The van der Waals surface area contributed by atoms with Crippen molar-refractivity contribution in [3.63, 3.8) is 0 Å². The number of nitrogens with zero attached hydrogens (tertiary/aromatic N) is 2. The minimum atomic E-state index is 0.592. The standard InChI is InChI=1S/C14H25N3O/c1-6-7-18-13-8-12(5)16-14(17-13)15-9-11(4)10(2)3/h8,10-11H,6-7,9H2,1-5H3,(H,15,16,17). The zero-order valence-electron chi connectivity index (χ0n) is 12.2. The molecule has 1 aromatic heterocycles. The van der Waals surface area contributed by atoms with Crippen molar-refractivity contribution >= 4 is 5.95 Å². The highest BCUT2D eigenvalue weighted by Crippen LogP contribution is 2.14. The van der Waals surface area contributed by atoms with Crippen LogP contribution in [0.1, 0.15) is 39.8 Å². The van der Waals surface area contributed by atoms with Crippen molar-refractivity contribution in [2.45, 2.75) is 41.0 Å². The molecule has 1 heterocycles. The van der Waals surface area contributed by atoms with Gasteiger partial charge in [0.25, 0.3) is 0 Å². The van der Waals surface area contributed by atoms with Gasteiger partial charge in [-0.2, -0.15) is 4.98 Å². The Kier molecular flexibility index (Phi) is 5.89. The van der Waals surface area contributed by atoms with Crippen LogP contribution >= 0.6 is 0 Å². The van der Waals surface area contributed by atoms with Crippen molar-refractivity contribution in [2.24, 2.45) is 11.8 Å². The van der Waals surface area contributed by atoms with Crippen molar-refractivity contribution in [1.29, 1.82) is 0 Å². The lowest BCUT2D eigenvalue weighted by Gasteiger charge is -2.16. The van der Waals surface area contributed by atoms with E-state index in [0.29, 0.717) is 30.3 Å². The van der Waals surface area contributed by atoms with Crippen molar-refractivity contribution in [3.8, 4) is 5.88 Å². The van der Waals surface area contributed by atoms with Crippen molar-refractivity contribution in [1.82, 2.24) is 9.97 Å². The summed E-state index contributed by atoms with van der Waals surface area (Å²) in [5.74, 6) is 2.56. The fraction of sp³-hybridized carbons (Fsp3) is 0.714. The van der Waals surface area contributed by atoms with Gasteiger partial charge in [-0.05, 0) is 25.2 Å². The molecule has 0 fully saturated rings. The van der Waals surface area contributed by atoms with Crippen LogP contribution in [0.15, 0.2) is 6.07 Å². The molecule has 1 unspecified atom stereocenters. The Morgan fingerprint density at radius 1 is 1.28 bits per heavy atom. The third-order valence-corrected chi connectivity index (χ3v) is 3.01. The molecule has 0 radical (unpaired) electrons. The topological polar surface area (TPSA) is 47.0 Å². The Hall–Kier alpha value is -1.32. The van der Waals surface area contributed by atoms with Gasteiger partial charge in [-0.3, -0.25) is 0 Å². The number of aryl methyl sites for hydroxylation is 1. The first-order chi connectivity index (χ1) is 8.52. The highest BCUT2D eigenvalue weighted by molar-refractivity contribution is 5.30. The molecule has 1 aromatic rings. The number of hydrogen-bond acceptors (Lipinski definition) is 4. The minimum Gasteiger partial charge on any atom is -0.478 e. The molecule has 0 bridgehead atoms. The van der Waals surface area contributed by atoms with Crippen LogP contribution in [0.25, 0.3) is 0 Å². The molecular weight excluding hydrogens is 226 g/mol. The first kappa shape index (κ1) is 14.7. The van der Waals surface area contributed by atoms with Gasteiger partial charge < -0.3 is 10.1 Å². The highest BCUT2D eigenvalue weighted by atomic mass is 16.5. The fourth-order valence-electron chi connectivity index (χ4n) is 1.39. The van der Waals surface area contributed by atoms with Crippen molar-refractivity contribution in [3.05, 3.63) is 11.8 Å². The predicted octanol–water partition coefficient (Wildman–Crippen LogP) is 3.28. The van der Waals surface area contributed by atoms with Gasteiger partial charge in [0, 0.05) is 18.3 Å². The Morgan fingerprint density at radius 3 is 2.61 bits per heavy atom. The third kappa shape index (κ3) is 4.90. The normalized spacial score (nSPS) is 12.6. The minimum absolute atomic E-state index is 0.592. The van der Waals surface area contributed by atoms with Gasteiger partial charge in [0.1, 0.15) is 0 Å². The van der Waals surface area contributed by atoms with E-state index in [-0.39, 0.29) is 0 Å². The number of nitrogens with one attached hydrogen (secondary N) is 1. The molecule has 1 atom stereocenters. The van der Waals surface area contributed by atoms with Crippen LogP contribution in [-0.4, -0.2) is 23.1 Å². The Bertz CT molecular complexity index is 366. The molecule has 4 heteroatoms. The Morgan fingerprint density at radius 2 is 2.00 bits per heavy atom. The van der Waals surface area contributed by atoms with E-state index in [2.05, 4.69) is 43.0 Å². The smallest absolute Gasteiger partial charge is 0.226 e. The third-order valence-electron chi connectivity index (χ3n) is 3.01. The molecule has 1 rings (SSSR count). The second-order valence-corrected chi connectivity index (χ2v) is 5.12. The maximum Gasteiger partial charge on any atom is 0.226 e. The molecule has 102 valence electrons. The van der Waals surface area contributed by atoms with Crippen LogP contribution in [0.5, 0.6) is 5.88 Å². The van der Waals surface area contributed by atoms with Crippen LogP contribution in [0.2, 0.25) is 0 Å². The molecule has 4 nitrogen and oxygen atoms in total. The number of hydrogen-bond donors (Lipinski definition) is 1. The second-order valence-electron chi connectivity index (χ2n) is 5.12. The van der Waals surface area contributed by atoms with Gasteiger partial charge in [0.05, 0.1) is 6.61 Å². The molecule has 0 aromatic carbocycles. The average molecular weight is 251 g/mol. The number of ether oxygens (including phenoxy) is 1. The van der Waals surface area contributed by atoms with E-state index < -0.39 is 0 Å². The summed E-state index contributed by atoms with van der Waals surface area (Å²) < 4.78 is 5.54. The summed E-state index contributed by atoms with van der Waals surface area (Å²) >= 11 is 0. The summed E-state index contributed by atoms with van der Waals surface area (Å²) in [5.41, 5.74) is 0.927. The number of aromatic nitrogens is 2. The van der Waals surface area contributed by atoms with Crippen LogP contribution < -0.4 is 10.1 Å². The number of rotatable bonds is 7. The quantitative estimate of drug-likeness (QED) is 0.808. The van der Waals surface area contributed by atoms with Crippen LogP contribution in [0, 0.1) is 18.8 Å². The molecule has 18 heavy (non-hydrogen) atoms. The molecule has 0 aliphatic heterocycles. The molecular formula is C14H25N3O. The summed E-state index contributed by atoms with van der Waals surface area (Å²) in [6.45, 7) is 12.3. The van der Waals surface area contributed by atoms with Crippen LogP contribution in [-0.2, 0) is 0 Å². The van der Waals surface area contributed by atoms with E-state index in [0.717, 1.165) is 18.7 Å². The largest absolute Gasteiger partial charge is 0.478 e. The van der Waals surface area contributed by atoms with E-state index >= 15 is 0 Å². The summed E-state index contributed by atoms with van der Waals surface area (Å²) in [7, 11) is 0. The molecule has 1 N–H and O–H groups in total. The molecule has 0 amide bonds.